The van der Waals surface area contributed by atoms with E-state index in [0.29, 0.717) is 19.3 Å². The zero-order chi connectivity index (χ0) is 48.6. The van der Waals surface area contributed by atoms with Crippen molar-refractivity contribution in [2.45, 2.75) is 245 Å². The Kier molecular flexibility index (Phi) is 51.5. The Bertz CT molecular complexity index is 1390. The summed E-state index contributed by atoms with van der Waals surface area (Å²) in [7, 11) is 0. The van der Waals surface area contributed by atoms with E-state index >= 15 is 0 Å². The molecule has 0 aliphatic rings. The summed E-state index contributed by atoms with van der Waals surface area (Å²) in [6, 6.07) is 0. The summed E-state index contributed by atoms with van der Waals surface area (Å²) < 4.78 is 16.8. The quantitative estimate of drug-likeness (QED) is 0.0199. The number of unbranched alkanes of at least 4 members (excludes halogenated alkanes) is 25. The lowest BCUT2D eigenvalue weighted by Crippen LogP contribution is -2.30. The Hall–Kier alpha value is -3.93. The number of ether oxygens (including phenoxy) is 3. The molecule has 0 aromatic heterocycles. The SMILES string of the molecule is CC\C=C/C=C\C=C/C=C\C=C\C=C/C=C\CCCCCC(=O)OCC(COC(=O)CCCCCCCCCCCCCCC)OC(=O)CCCCCCCCC/C=C\C/C=C\CCCCC. The van der Waals surface area contributed by atoms with Gasteiger partial charge in [-0.05, 0) is 70.6 Å². The summed E-state index contributed by atoms with van der Waals surface area (Å²) >= 11 is 0. The summed E-state index contributed by atoms with van der Waals surface area (Å²) in [5, 5.41) is 0. The minimum Gasteiger partial charge on any atom is -0.462 e. The summed E-state index contributed by atoms with van der Waals surface area (Å²) in [6.07, 6.45) is 73.5. The molecule has 1 atom stereocenters. The first-order valence-electron chi connectivity index (χ1n) is 27.5. The molecule has 0 N–H and O–H groups in total. The van der Waals surface area contributed by atoms with Gasteiger partial charge in [0.2, 0.25) is 0 Å². The topological polar surface area (TPSA) is 78.9 Å². The van der Waals surface area contributed by atoms with Crippen molar-refractivity contribution in [3.63, 3.8) is 0 Å². The predicted molar refractivity (Wildman–Crippen MR) is 288 cm³/mol. The van der Waals surface area contributed by atoms with Crippen LogP contribution < -0.4 is 0 Å². The van der Waals surface area contributed by atoms with Crippen molar-refractivity contribution < 1.29 is 28.6 Å². The second kappa shape index (κ2) is 54.7. The first-order valence-corrected chi connectivity index (χ1v) is 27.5. The maximum absolute atomic E-state index is 12.8. The molecule has 0 aliphatic heterocycles. The van der Waals surface area contributed by atoms with E-state index in [9.17, 15) is 14.4 Å². The maximum atomic E-state index is 12.8. The van der Waals surface area contributed by atoms with Crippen LogP contribution >= 0.6 is 0 Å². The van der Waals surface area contributed by atoms with Gasteiger partial charge in [-0.3, -0.25) is 14.4 Å². The third-order valence-electron chi connectivity index (χ3n) is 11.5. The van der Waals surface area contributed by atoms with Crippen molar-refractivity contribution in [1.82, 2.24) is 0 Å². The van der Waals surface area contributed by atoms with Gasteiger partial charge in [0.05, 0.1) is 0 Å². The van der Waals surface area contributed by atoms with Crippen LogP contribution in [0.3, 0.4) is 0 Å². The lowest BCUT2D eigenvalue weighted by molar-refractivity contribution is -0.167. The highest BCUT2D eigenvalue weighted by Crippen LogP contribution is 2.15. The molecule has 0 fully saturated rings. The van der Waals surface area contributed by atoms with Crippen LogP contribution in [0.15, 0.2) is 109 Å². The second-order valence-electron chi connectivity index (χ2n) is 17.9. The van der Waals surface area contributed by atoms with Crippen molar-refractivity contribution in [1.29, 1.82) is 0 Å². The van der Waals surface area contributed by atoms with Crippen LogP contribution in [0.4, 0.5) is 0 Å². The average molecular weight is 929 g/mol. The highest BCUT2D eigenvalue weighted by Gasteiger charge is 2.19. The number of carbonyl (C=O) groups is 3. The zero-order valence-electron chi connectivity index (χ0n) is 43.4. The van der Waals surface area contributed by atoms with Gasteiger partial charge in [-0.2, -0.15) is 0 Å². The largest absolute Gasteiger partial charge is 0.462 e. The number of carbonyl (C=O) groups excluding carboxylic acids is 3. The van der Waals surface area contributed by atoms with E-state index in [-0.39, 0.29) is 31.1 Å². The lowest BCUT2D eigenvalue weighted by Gasteiger charge is -2.18. The van der Waals surface area contributed by atoms with Crippen molar-refractivity contribution in [3.05, 3.63) is 109 Å². The van der Waals surface area contributed by atoms with Crippen molar-refractivity contribution in [2.75, 3.05) is 13.2 Å². The molecule has 1 unspecified atom stereocenters. The molecule has 0 spiro atoms. The van der Waals surface area contributed by atoms with Gasteiger partial charge in [-0.25, -0.2) is 0 Å². The van der Waals surface area contributed by atoms with Gasteiger partial charge >= 0.3 is 17.9 Å². The van der Waals surface area contributed by atoms with Crippen LogP contribution in [0.1, 0.15) is 239 Å². The van der Waals surface area contributed by atoms with E-state index in [1.807, 2.05) is 72.9 Å². The molecule has 380 valence electrons. The molecule has 67 heavy (non-hydrogen) atoms. The zero-order valence-corrected chi connectivity index (χ0v) is 43.4. The predicted octanol–water partition coefficient (Wildman–Crippen LogP) is 18.3. The second-order valence-corrected chi connectivity index (χ2v) is 17.9. The van der Waals surface area contributed by atoms with Crippen LogP contribution in [0, 0.1) is 0 Å². The van der Waals surface area contributed by atoms with E-state index in [1.165, 1.54) is 116 Å². The normalized spacial score (nSPS) is 12.9. The lowest BCUT2D eigenvalue weighted by atomic mass is 10.0. The summed E-state index contributed by atoms with van der Waals surface area (Å²) in [5.41, 5.74) is 0. The first-order chi connectivity index (χ1) is 33.0. The molecule has 6 heteroatoms. The van der Waals surface area contributed by atoms with Gasteiger partial charge in [0.15, 0.2) is 6.10 Å². The number of hydrogen-bond acceptors (Lipinski definition) is 6. The summed E-state index contributed by atoms with van der Waals surface area (Å²) in [6.45, 7) is 6.42. The van der Waals surface area contributed by atoms with Crippen LogP contribution in [0.5, 0.6) is 0 Å². The summed E-state index contributed by atoms with van der Waals surface area (Å²) in [5.74, 6) is -0.951. The highest BCUT2D eigenvalue weighted by atomic mass is 16.6. The Balaban J connectivity index is 4.51. The molecular weight excluding hydrogens is 829 g/mol. The van der Waals surface area contributed by atoms with Gasteiger partial charge in [-0.1, -0.05) is 259 Å². The third kappa shape index (κ3) is 52.9. The van der Waals surface area contributed by atoms with E-state index in [0.717, 1.165) is 83.5 Å². The monoisotopic (exact) mass is 929 g/mol. The molecule has 0 aromatic carbocycles. The van der Waals surface area contributed by atoms with Gasteiger partial charge in [0, 0.05) is 19.3 Å². The fourth-order valence-corrected chi connectivity index (χ4v) is 7.34. The maximum Gasteiger partial charge on any atom is 0.306 e. The Labute approximate surface area is 412 Å². The number of allylic oxidation sites excluding steroid dienone is 18. The summed E-state index contributed by atoms with van der Waals surface area (Å²) in [4.78, 5) is 38.1. The Morgan fingerprint density at radius 2 is 0.642 bits per heavy atom. The number of hydrogen-bond donors (Lipinski definition) is 0. The fraction of sp³-hybridized carbons (Fsp3) is 0.656. The number of esters is 3. The van der Waals surface area contributed by atoms with Crippen LogP contribution in [0.2, 0.25) is 0 Å². The molecule has 0 saturated heterocycles. The van der Waals surface area contributed by atoms with Crippen molar-refractivity contribution in [2.24, 2.45) is 0 Å². The molecule has 0 amide bonds. The molecule has 0 aliphatic carbocycles. The first kappa shape index (κ1) is 63.1. The van der Waals surface area contributed by atoms with Crippen LogP contribution in [-0.2, 0) is 28.6 Å². The fourth-order valence-electron chi connectivity index (χ4n) is 7.34. The van der Waals surface area contributed by atoms with Gasteiger partial charge in [0.1, 0.15) is 13.2 Å². The van der Waals surface area contributed by atoms with Crippen LogP contribution in [0.25, 0.3) is 0 Å². The van der Waals surface area contributed by atoms with Gasteiger partial charge in [-0.15, -0.1) is 0 Å². The minimum atomic E-state index is -0.802. The van der Waals surface area contributed by atoms with Crippen LogP contribution in [-0.4, -0.2) is 37.2 Å². The minimum absolute atomic E-state index is 0.0961. The standard InChI is InChI=1S/C61H100O6/c1-4-7-10-13-16-19-22-25-27-29-30-32-33-36-39-42-45-48-51-54-60(63)66-57-58(56-65-59(62)53-50-47-44-41-38-35-24-21-18-15-12-9-6-3)67-61(64)55-52-49-46-43-40-37-34-31-28-26-23-20-17-14-11-8-5-2/h7,10,13,16-17,19-20,22,25-30,32-33,36,39,58H,4-6,8-9,11-12,14-15,18,21,23-24,31,34-35,37-38,40-57H2,1-3H3/b10-7-,16-13-,20-17-,22-19-,27-25-,28-26-,30-29+,33-32-,39-36-. The van der Waals surface area contributed by atoms with Gasteiger partial charge < -0.3 is 14.2 Å². The van der Waals surface area contributed by atoms with Crippen molar-refractivity contribution in [3.8, 4) is 0 Å². The van der Waals surface area contributed by atoms with Crippen molar-refractivity contribution >= 4 is 17.9 Å². The smallest absolute Gasteiger partial charge is 0.306 e. The molecule has 0 aromatic rings. The molecule has 0 rings (SSSR count). The van der Waals surface area contributed by atoms with Gasteiger partial charge in [0.25, 0.3) is 0 Å². The van der Waals surface area contributed by atoms with E-state index < -0.39 is 6.10 Å². The Morgan fingerprint density at radius 3 is 1.07 bits per heavy atom. The number of rotatable bonds is 48. The third-order valence-corrected chi connectivity index (χ3v) is 11.5. The molecule has 0 saturated carbocycles. The Morgan fingerprint density at radius 1 is 0.328 bits per heavy atom. The highest BCUT2D eigenvalue weighted by molar-refractivity contribution is 5.71. The van der Waals surface area contributed by atoms with E-state index in [4.69, 9.17) is 14.2 Å². The molecular formula is C61H100O6. The van der Waals surface area contributed by atoms with E-state index in [2.05, 4.69) is 57.2 Å². The molecule has 0 bridgehead atoms. The molecule has 0 radical (unpaired) electrons. The molecule has 6 nitrogen and oxygen atoms in total. The average Bonchev–Trinajstić information content (AvgIpc) is 3.33. The van der Waals surface area contributed by atoms with E-state index in [1.54, 1.807) is 0 Å². The molecule has 0 heterocycles.